The van der Waals surface area contributed by atoms with Crippen molar-refractivity contribution >= 4 is 17.5 Å². The number of hydrogen-bond acceptors (Lipinski definition) is 5. The second kappa shape index (κ2) is 8.70. The number of halogens is 3. The van der Waals surface area contributed by atoms with Gasteiger partial charge in [-0.05, 0) is 24.6 Å². The van der Waals surface area contributed by atoms with Crippen molar-refractivity contribution < 1.29 is 18.0 Å². The lowest BCUT2D eigenvalue weighted by Crippen LogP contribution is -2.30. The Morgan fingerprint density at radius 3 is 2.37 bits per heavy atom. The Hall–Kier alpha value is -2.84. The lowest BCUT2D eigenvalue weighted by Gasteiger charge is -2.14. The smallest absolute Gasteiger partial charge is 0.368 e. The molecule has 0 bridgehead atoms. The van der Waals surface area contributed by atoms with E-state index in [2.05, 4.69) is 20.6 Å². The number of anilines is 2. The maximum absolute atomic E-state index is 12.5. The number of aromatic nitrogens is 2. The molecule has 0 unspecified atom stereocenters. The third-order valence-electron chi connectivity index (χ3n) is 3.68. The lowest BCUT2D eigenvalue weighted by atomic mass is 10.1. The van der Waals surface area contributed by atoms with Gasteiger partial charge in [0.2, 0.25) is 5.91 Å². The van der Waals surface area contributed by atoms with E-state index < -0.39 is 11.7 Å². The number of hydrogen-bond donors (Lipinski definition) is 2. The number of alkyl halides is 3. The zero-order chi connectivity index (χ0) is 20.0. The van der Waals surface area contributed by atoms with E-state index in [4.69, 9.17) is 0 Å². The third kappa shape index (κ3) is 6.43. The molecule has 0 fully saturated rings. The van der Waals surface area contributed by atoms with Gasteiger partial charge < -0.3 is 15.5 Å². The number of carbonyl (C=O) groups excluding carboxylic acids is 1. The van der Waals surface area contributed by atoms with Gasteiger partial charge in [0.1, 0.15) is 17.5 Å². The predicted molar refractivity (Wildman–Crippen MR) is 97.7 cm³/mol. The molecule has 2 rings (SSSR count). The molecule has 1 heterocycles. The molecule has 1 aromatic carbocycles. The monoisotopic (exact) mass is 381 g/mol. The van der Waals surface area contributed by atoms with Crippen LogP contribution in [0.5, 0.6) is 0 Å². The van der Waals surface area contributed by atoms with E-state index in [9.17, 15) is 18.0 Å². The Morgan fingerprint density at radius 2 is 1.78 bits per heavy atom. The van der Waals surface area contributed by atoms with Crippen LogP contribution in [0.25, 0.3) is 0 Å². The Kier molecular flexibility index (Phi) is 6.59. The van der Waals surface area contributed by atoms with Crippen LogP contribution in [-0.2, 0) is 17.4 Å². The average Bonchev–Trinajstić information content (AvgIpc) is 2.58. The summed E-state index contributed by atoms with van der Waals surface area (Å²) in [7, 11) is 3.76. The molecule has 0 saturated heterocycles. The molecule has 2 aromatic rings. The summed E-state index contributed by atoms with van der Waals surface area (Å²) in [5.41, 5.74) is -0.205. The molecule has 0 aliphatic carbocycles. The fourth-order valence-corrected chi connectivity index (χ4v) is 2.32. The summed E-state index contributed by atoms with van der Waals surface area (Å²) < 4.78 is 37.6. The van der Waals surface area contributed by atoms with Gasteiger partial charge in [-0.15, -0.1) is 0 Å². The minimum atomic E-state index is -4.38. The third-order valence-corrected chi connectivity index (χ3v) is 3.68. The van der Waals surface area contributed by atoms with Gasteiger partial charge in [-0.25, -0.2) is 9.97 Å². The summed E-state index contributed by atoms with van der Waals surface area (Å²) in [6.45, 7) is 2.62. The SMILES string of the molecule is Cc1nc(NCCNC(=O)Cc2ccc(C(F)(F)F)cc2)cc(N(C)C)n1. The van der Waals surface area contributed by atoms with Gasteiger partial charge in [0.05, 0.1) is 12.0 Å². The first-order valence-electron chi connectivity index (χ1n) is 8.35. The highest BCUT2D eigenvalue weighted by molar-refractivity contribution is 5.78. The van der Waals surface area contributed by atoms with Gasteiger partial charge in [-0.3, -0.25) is 4.79 Å². The van der Waals surface area contributed by atoms with Crippen LogP contribution < -0.4 is 15.5 Å². The molecule has 0 aliphatic heterocycles. The van der Waals surface area contributed by atoms with Gasteiger partial charge in [0.15, 0.2) is 0 Å². The molecule has 2 N–H and O–H groups in total. The summed E-state index contributed by atoms with van der Waals surface area (Å²) in [5.74, 6) is 1.80. The van der Waals surface area contributed by atoms with Gasteiger partial charge >= 0.3 is 6.18 Å². The lowest BCUT2D eigenvalue weighted by molar-refractivity contribution is -0.137. The minimum Gasteiger partial charge on any atom is -0.368 e. The minimum absolute atomic E-state index is 0.0233. The zero-order valence-corrected chi connectivity index (χ0v) is 15.4. The van der Waals surface area contributed by atoms with Crippen LogP contribution in [0.3, 0.4) is 0 Å². The molecule has 1 amide bonds. The zero-order valence-electron chi connectivity index (χ0n) is 15.4. The van der Waals surface area contributed by atoms with Crippen LogP contribution in [0.1, 0.15) is 17.0 Å². The van der Waals surface area contributed by atoms with Crippen LogP contribution in [0, 0.1) is 6.92 Å². The van der Waals surface area contributed by atoms with Crippen molar-refractivity contribution in [1.29, 1.82) is 0 Å². The quantitative estimate of drug-likeness (QED) is 0.722. The molecular weight excluding hydrogens is 359 g/mol. The normalized spacial score (nSPS) is 11.2. The van der Waals surface area contributed by atoms with E-state index in [0.717, 1.165) is 18.0 Å². The number of aryl methyl sites for hydroxylation is 1. The number of nitrogens with one attached hydrogen (secondary N) is 2. The average molecular weight is 381 g/mol. The Labute approximate surface area is 155 Å². The Balaban J connectivity index is 1.78. The van der Waals surface area contributed by atoms with Crippen LogP contribution in [0.2, 0.25) is 0 Å². The van der Waals surface area contributed by atoms with Gasteiger partial charge in [0.25, 0.3) is 0 Å². The standard InChI is InChI=1S/C18H22F3N5O/c1-12-24-15(11-16(25-12)26(2)3)22-8-9-23-17(27)10-13-4-6-14(7-5-13)18(19,20)21/h4-7,11H,8-10H2,1-3H3,(H,23,27)(H,22,24,25). The Bertz CT molecular complexity index is 776. The molecular formula is C18H22F3N5O. The summed E-state index contributed by atoms with van der Waals surface area (Å²) in [4.78, 5) is 22.3. The van der Waals surface area contributed by atoms with E-state index in [1.165, 1.54) is 12.1 Å². The number of benzene rings is 1. The first-order chi connectivity index (χ1) is 12.6. The van der Waals surface area contributed by atoms with E-state index in [1.807, 2.05) is 19.0 Å². The van der Waals surface area contributed by atoms with E-state index in [0.29, 0.717) is 30.3 Å². The van der Waals surface area contributed by atoms with Gasteiger partial charge in [-0.2, -0.15) is 13.2 Å². The maximum Gasteiger partial charge on any atom is 0.416 e. The van der Waals surface area contributed by atoms with Gasteiger partial charge in [0, 0.05) is 33.3 Å². The van der Waals surface area contributed by atoms with Crippen molar-refractivity contribution in [2.45, 2.75) is 19.5 Å². The summed E-state index contributed by atoms with van der Waals surface area (Å²) in [6.07, 6.45) is -4.35. The number of nitrogens with zero attached hydrogens (tertiary/aromatic N) is 3. The Morgan fingerprint density at radius 1 is 1.11 bits per heavy atom. The number of rotatable bonds is 7. The van der Waals surface area contributed by atoms with Crippen molar-refractivity contribution in [2.75, 3.05) is 37.4 Å². The summed E-state index contributed by atoms with van der Waals surface area (Å²) >= 11 is 0. The van der Waals surface area contributed by atoms with Crippen molar-refractivity contribution in [2.24, 2.45) is 0 Å². The topological polar surface area (TPSA) is 70.2 Å². The largest absolute Gasteiger partial charge is 0.416 e. The fraction of sp³-hybridized carbons (Fsp3) is 0.389. The molecule has 27 heavy (non-hydrogen) atoms. The predicted octanol–water partition coefficient (Wildman–Crippen LogP) is 2.64. The number of carbonyl (C=O) groups is 1. The molecule has 0 spiro atoms. The first kappa shape index (κ1) is 20.5. The maximum atomic E-state index is 12.5. The molecule has 146 valence electrons. The first-order valence-corrected chi connectivity index (χ1v) is 8.35. The summed E-state index contributed by atoms with van der Waals surface area (Å²) in [6, 6.07) is 6.38. The molecule has 6 nitrogen and oxygen atoms in total. The fourth-order valence-electron chi connectivity index (χ4n) is 2.32. The van der Waals surface area contributed by atoms with Gasteiger partial charge in [-0.1, -0.05) is 12.1 Å². The highest BCUT2D eigenvalue weighted by Gasteiger charge is 2.29. The summed E-state index contributed by atoms with van der Waals surface area (Å²) in [5, 5.41) is 5.83. The molecule has 0 aliphatic rings. The van der Waals surface area contributed by atoms with Crippen LogP contribution >= 0.6 is 0 Å². The van der Waals surface area contributed by atoms with E-state index in [-0.39, 0.29) is 12.3 Å². The van der Waals surface area contributed by atoms with Crippen molar-refractivity contribution in [3.05, 3.63) is 47.3 Å². The van der Waals surface area contributed by atoms with Crippen molar-refractivity contribution in [3.8, 4) is 0 Å². The van der Waals surface area contributed by atoms with Crippen molar-refractivity contribution in [1.82, 2.24) is 15.3 Å². The van der Waals surface area contributed by atoms with E-state index >= 15 is 0 Å². The highest BCUT2D eigenvalue weighted by Crippen LogP contribution is 2.29. The van der Waals surface area contributed by atoms with Crippen LogP contribution in [-0.4, -0.2) is 43.1 Å². The molecule has 0 radical (unpaired) electrons. The second-order valence-electron chi connectivity index (χ2n) is 6.20. The molecule has 9 heteroatoms. The molecule has 0 saturated carbocycles. The molecule has 0 atom stereocenters. The molecule has 1 aromatic heterocycles. The number of amides is 1. The highest BCUT2D eigenvalue weighted by atomic mass is 19.4. The van der Waals surface area contributed by atoms with Crippen molar-refractivity contribution in [3.63, 3.8) is 0 Å². The second-order valence-corrected chi connectivity index (χ2v) is 6.20. The van der Waals surface area contributed by atoms with Crippen LogP contribution in [0.15, 0.2) is 30.3 Å². The van der Waals surface area contributed by atoms with Crippen LogP contribution in [0.4, 0.5) is 24.8 Å². The van der Waals surface area contributed by atoms with E-state index in [1.54, 1.807) is 13.0 Å².